The molecule has 0 amide bonds. The first-order valence-electron chi connectivity index (χ1n) is 6.33. The summed E-state index contributed by atoms with van der Waals surface area (Å²) in [6.45, 7) is 0. The van der Waals surface area contributed by atoms with Crippen LogP contribution in [0.5, 0.6) is 5.75 Å². The fourth-order valence-corrected chi connectivity index (χ4v) is 2.00. The van der Waals surface area contributed by atoms with Gasteiger partial charge >= 0.3 is 11.9 Å². The molecule has 0 spiro atoms. The van der Waals surface area contributed by atoms with Crippen molar-refractivity contribution in [1.82, 2.24) is 0 Å². The Morgan fingerprint density at radius 1 is 1.17 bits per heavy atom. The maximum atomic E-state index is 12.1. The second-order valence-corrected chi connectivity index (χ2v) is 4.81. The molecule has 8 heteroatoms. The number of nitrogens with one attached hydrogen (secondary N) is 2. The molecule has 2 aromatic carbocycles. The molecule has 5 N–H and O–H groups in total. The molecule has 0 saturated heterocycles. The molecule has 0 saturated carbocycles. The van der Waals surface area contributed by atoms with Crippen LogP contribution in [0.1, 0.15) is 20.7 Å². The number of carbonyl (C=O) groups is 2. The van der Waals surface area contributed by atoms with Gasteiger partial charge < -0.3 is 20.9 Å². The molecule has 0 heterocycles. The summed E-state index contributed by atoms with van der Waals surface area (Å²) < 4.78 is 5.12. The predicted molar refractivity (Wildman–Crippen MR) is 85.3 cm³/mol. The average molecular weight is 334 g/mol. The van der Waals surface area contributed by atoms with Gasteiger partial charge in [0, 0.05) is 5.69 Å². The van der Waals surface area contributed by atoms with Crippen LogP contribution in [0.15, 0.2) is 42.5 Å². The Bertz CT molecular complexity index is 775. The van der Waals surface area contributed by atoms with Crippen molar-refractivity contribution in [3.05, 3.63) is 58.6 Å². The summed E-state index contributed by atoms with van der Waals surface area (Å²) in [7, 11) is 0. The van der Waals surface area contributed by atoms with Crippen LogP contribution in [0.25, 0.3) is 0 Å². The summed E-state index contributed by atoms with van der Waals surface area (Å²) in [5.74, 6) is -2.17. The largest absolute Gasteiger partial charge is 0.478 e. The number of nitrogens with two attached hydrogens (primary N) is 1. The molecule has 0 aliphatic carbocycles. The van der Waals surface area contributed by atoms with Gasteiger partial charge in [-0.3, -0.25) is 5.41 Å². The number of esters is 1. The van der Waals surface area contributed by atoms with Crippen LogP contribution < -0.4 is 15.8 Å². The van der Waals surface area contributed by atoms with Crippen LogP contribution >= 0.6 is 11.6 Å². The van der Waals surface area contributed by atoms with Crippen molar-refractivity contribution >= 4 is 35.2 Å². The minimum atomic E-state index is -1.22. The molecule has 2 aromatic rings. The topological polar surface area (TPSA) is 126 Å². The molecule has 118 valence electrons. The summed E-state index contributed by atoms with van der Waals surface area (Å²) in [6, 6.07) is 10.2. The molecular weight excluding hydrogens is 322 g/mol. The molecule has 0 aliphatic rings. The van der Waals surface area contributed by atoms with E-state index in [1.165, 1.54) is 30.3 Å². The van der Waals surface area contributed by atoms with Gasteiger partial charge in [0.05, 0.1) is 16.1 Å². The van der Waals surface area contributed by atoms with Crippen molar-refractivity contribution in [3.8, 4) is 5.75 Å². The van der Waals surface area contributed by atoms with Crippen LogP contribution in [-0.4, -0.2) is 23.0 Å². The third kappa shape index (κ3) is 3.98. The number of aromatic carboxylic acids is 1. The highest BCUT2D eigenvalue weighted by Crippen LogP contribution is 2.28. The Morgan fingerprint density at radius 3 is 2.39 bits per heavy atom. The number of rotatable bonds is 4. The zero-order valence-corrected chi connectivity index (χ0v) is 12.4. The minimum Gasteiger partial charge on any atom is -0.478 e. The van der Waals surface area contributed by atoms with Crippen molar-refractivity contribution < 1.29 is 19.4 Å². The lowest BCUT2D eigenvalue weighted by atomic mass is 10.2. The van der Waals surface area contributed by atoms with E-state index in [2.05, 4.69) is 5.32 Å². The van der Waals surface area contributed by atoms with Crippen molar-refractivity contribution in [2.24, 2.45) is 5.73 Å². The summed E-state index contributed by atoms with van der Waals surface area (Å²) in [5.41, 5.74) is 5.82. The standard InChI is InChI=1S/C15H12ClN3O4/c16-12-10(13(20)21)2-1-3-11(12)23-14(22)8-4-6-9(7-5-8)19-15(17)18/h1-7H,(H,20,21)(H4,17,18,19). The van der Waals surface area contributed by atoms with E-state index in [-0.39, 0.29) is 27.9 Å². The van der Waals surface area contributed by atoms with Gasteiger partial charge in [-0.1, -0.05) is 17.7 Å². The molecule has 0 atom stereocenters. The van der Waals surface area contributed by atoms with Gasteiger partial charge in [0.25, 0.3) is 0 Å². The maximum Gasteiger partial charge on any atom is 0.343 e. The number of carbonyl (C=O) groups excluding carboxylic acids is 1. The van der Waals surface area contributed by atoms with Crippen molar-refractivity contribution in [1.29, 1.82) is 5.41 Å². The van der Waals surface area contributed by atoms with Crippen LogP contribution in [0.3, 0.4) is 0 Å². The zero-order chi connectivity index (χ0) is 17.0. The number of halogens is 1. The van der Waals surface area contributed by atoms with E-state index in [1.807, 2.05) is 0 Å². The van der Waals surface area contributed by atoms with Gasteiger partial charge in [-0.15, -0.1) is 0 Å². The quantitative estimate of drug-likeness (QED) is 0.295. The van der Waals surface area contributed by atoms with Crippen molar-refractivity contribution in [3.63, 3.8) is 0 Å². The van der Waals surface area contributed by atoms with E-state index in [0.29, 0.717) is 5.69 Å². The van der Waals surface area contributed by atoms with Gasteiger partial charge in [0.1, 0.15) is 0 Å². The second-order valence-electron chi connectivity index (χ2n) is 4.43. The highest BCUT2D eigenvalue weighted by atomic mass is 35.5. The zero-order valence-electron chi connectivity index (χ0n) is 11.7. The summed E-state index contributed by atoms with van der Waals surface area (Å²) in [5, 5.41) is 18.5. The maximum absolute atomic E-state index is 12.1. The lowest BCUT2D eigenvalue weighted by Gasteiger charge is -2.09. The molecule has 0 fully saturated rings. The van der Waals surface area contributed by atoms with E-state index >= 15 is 0 Å². The van der Waals surface area contributed by atoms with Gasteiger partial charge in [-0.2, -0.15) is 0 Å². The monoisotopic (exact) mass is 333 g/mol. The van der Waals surface area contributed by atoms with Crippen molar-refractivity contribution in [2.75, 3.05) is 5.32 Å². The lowest BCUT2D eigenvalue weighted by molar-refractivity contribution is 0.0688. The Kier molecular flexibility index (Phi) is 4.82. The highest BCUT2D eigenvalue weighted by Gasteiger charge is 2.16. The van der Waals surface area contributed by atoms with E-state index in [9.17, 15) is 9.59 Å². The lowest BCUT2D eigenvalue weighted by Crippen LogP contribution is -2.20. The van der Waals surface area contributed by atoms with E-state index in [4.69, 9.17) is 32.6 Å². The van der Waals surface area contributed by atoms with Crippen LogP contribution in [-0.2, 0) is 0 Å². The number of carboxylic acid groups (broad SMARTS) is 1. The fourth-order valence-electron chi connectivity index (χ4n) is 1.76. The fraction of sp³-hybridized carbons (Fsp3) is 0. The van der Waals surface area contributed by atoms with Crippen LogP contribution in [0.2, 0.25) is 5.02 Å². The predicted octanol–water partition coefficient (Wildman–Crippen LogP) is 2.56. The normalized spacial score (nSPS) is 9.96. The van der Waals surface area contributed by atoms with Crippen LogP contribution in [0, 0.1) is 5.41 Å². The highest BCUT2D eigenvalue weighted by molar-refractivity contribution is 6.35. The van der Waals surface area contributed by atoms with E-state index < -0.39 is 11.9 Å². The third-order valence-electron chi connectivity index (χ3n) is 2.80. The Hall–Kier alpha value is -3.06. The average Bonchev–Trinajstić information content (AvgIpc) is 2.49. The van der Waals surface area contributed by atoms with Gasteiger partial charge in [0.2, 0.25) is 0 Å². The molecule has 2 rings (SSSR count). The smallest absolute Gasteiger partial charge is 0.343 e. The van der Waals surface area contributed by atoms with Gasteiger partial charge in [0.15, 0.2) is 11.7 Å². The first-order valence-corrected chi connectivity index (χ1v) is 6.71. The molecule has 0 bridgehead atoms. The number of guanidine groups is 1. The summed E-state index contributed by atoms with van der Waals surface area (Å²) >= 11 is 5.91. The second kappa shape index (κ2) is 6.80. The Morgan fingerprint density at radius 2 is 1.83 bits per heavy atom. The molecule has 7 nitrogen and oxygen atoms in total. The third-order valence-corrected chi connectivity index (χ3v) is 3.19. The Labute approximate surface area is 136 Å². The van der Waals surface area contributed by atoms with Gasteiger partial charge in [-0.05, 0) is 36.4 Å². The number of benzene rings is 2. The number of carboxylic acids is 1. The van der Waals surface area contributed by atoms with Gasteiger partial charge in [-0.25, -0.2) is 9.59 Å². The number of hydrogen-bond acceptors (Lipinski definition) is 4. The molecular formula is C15H12ClN3O4. The molecule has 23 heavy (non-hydrogen) atoms. The van der Waals surface area contributed by atoms with E-state index in [0.717, 1.165) is 0 Å². The molecule has 0 unspecified atom stereocenters. The SMILES string of the molecule is N=C(N)Nc1ccc(C(=O)Oc2cccc(C(=O)O)c2Cl)cc1. The molecule has 0 aromatic heterocycles. The van der Waals surface area contributed by atoms with E-state index in [1.54, 1.807) is 12.1 Å². The summed E-state index contributed by atoms with van der Waals surface area (Å²) in [4.78, 5) is 23.1. The first-order chi connectivity index (χ1) is 10.9. The van der Waals surface area contributed by atoms with Crippen LogP contribution in [0.4, 0.5) is 5.69 Å². The number of hydrogen-bond donors (Lipinski definition) is 4. The summed E-state index contributed by atoms with van der Waals surface area (Å²) in [6.07, 6.45) is 0. The first kappa shape index (κ1) is 16.3. The molecule has 0 aliphatic heterocycles. The molecule has 0 radical (unpaired) electrons. The van der Waals surface area contributed by atoms with Crippen molar-refractivity contribution in [2.45, 2.75) is 0 Å². The minimum absolute atomic E-state index is 0.0393. The number of ether oxygens (including phenoxy) is 1. The Balaban J connectivity index is 2.18. The number of anilines is 1.